The van der Waals surface area contributed by atoms with Crippen LogP contribution in [0.25, 0.3) is 0 Å². The van der Waals surface area contributed by atoms with Gasteiger partial charge in [-0.15, -0.1) is 0 Å². The molecule has 4 nitrogen and oxygen atoms in total. The average Bonchev–Trinajstić information content (AvgIpc) is 2.68. The molecule has 0 aromatic heterocycles. The highest BCUT2D eigenvalue weighted by Gasteiger charge is 2.22. The van der Waals surface area contributed by atoms with Gasteiger partial charge < -0.3 is 19.6 Å². The fraction of sp³-hybridized carbons (Fsp3) is 0.455. The molecular formula is C22H31N2O2+. The number of quaternary nitrogens is 1. The van der Waals surface area contributed by atoms with E-state index in [-0.39, 0.29) is 0 Å². The average molecular weight is 356 g/mol. The van der Waals surface area contributed by atoms with Crippen LogP contribution in [0.15, 0.2) is 54.6 Å². The number of rotatable bonds is 7. The van der Waals surface area contributed by atoms with Crippen molar-refractivity contribution in [1.82, 2.24) is 0 Å². The molecule has 0 aliphatic carbocycles. The number of ether oxygens (including phenoxy) is 1. The van der Waals surface area contributed by atoms with Crippen LogP contribution < -0.4 is 14.5 Å². The summed E-state index contributed by atoms with van der Waals surface area (Å²) >= 11 is 0. The van der Waals surface area contributed by atoms with Crippen molar-refractivity contribution in [2.45, 2.75) is 25.9 Å². The molecule has 0 spiro atoms. The Bertz CT molecular complexity index is 650. The lowest BCUT2D eigenvalue weighted by Gasteiger charge is -2.34. The zero-order valence-electron chi connectivity index (χ0n) is 15.9. The monoisotopic (exact) mass is 355 g/mol. The minimum atomic E-state index is -0.432. The van der Waals surface area contributed by atoms with Crippen LogP contribution in [-0.2, 0) is 0 Å². The maximum absolute atomic E-state index is 10.3. The van der Waals surface area contributed by atoms with Crippen LogP contribution >= 0.6 is 0 Å². The van der Waals surface area contributed by atoms with Gasteiger partial charge in [-0.05, 0) is 35.7 Å². The SMILES string of the molecule is CC(C)c1ccc(OC[C@H](O)C[NH+]2CCN(c3ccccc3)CC2)cc1. The molecule has 0 amide bonds. The smallest absolute Gasteiger partial charge is 0.137 e. The molecule has 0 bridgehead atoms. The quantitative estimate of drug-likeness (QED) is 0.797. The molecule has 2 N–H and O–H groups in total. The van der Waals surface area contributed by atoms with Crippen LogP contribution in [0.4, 0.5) is 5.69 Å². The number of hydrogen-bond acceptors (Lipinski definition) is 3. The van der Waals surface area contributed by atoms with Crippen molar-refractivity contribution < 1.29 is 14.7 Å². The highest BCUT2D eigenvalue weighted by atomic mass is 16.5. The predicted molar refractivity (Wildman–Crippen MR) is 106 cm³/mol. The van der Waals surface area contributed by atoms with E-state index in [1.807, 2.05) is 12.1 Å². The first-order valence-corrected chi connectivity index (χ1v) is 9.66. The van der Waals surface area contributed by atoms with Crippen LogP contribution in [0.2, 0.25) is 0 Å². The molecule has 26 heavy (non-hydrogen) atoms. The molecule has 1 heterocycles. The van der Waals surface area contributed by atoms with Crippen molar-refractivity contribution in [2.75, 3.05) is 44.2 Å². The maximum Gasteiger partial charge on any atom is 0.137 e. The second-order valence-corrected chi connectivity index (χ2v) is 7.47. The molecular weight excluding hydrogens is 324 g/mol. The van der Waals surface area contributed by atoms with Crippen molar-refractivity contribution in [3.05, 3.63) is 60.2 Å². The Morgan fingerprint density at radius 1 is 1.00 bits per heavy atom. The first-order valence-electron chi connectivity index (χ1n) is 9.66. The first kappa shape index (κ1) is 18.7. The Morgan fingerprint density at radius 3 is 2.27 bits per heavy atom. The Labute approximate surface area is 157 Å². The molecule has 0 saturated carbocycles. The van der Waals surface area contributed by atoms with E-state index in [0.29, 0.717) is 12.5 Å². The summed E-state index contributed by atoms with van der Waals surface area (Å²) in [7, 11) is 0. The molecule has 1 aliphatic rings. The molecule has 2 aromatic carbocycles. The van der Waals surface area contributed by atoms with Crippen LogP contribution in [0, 0.1) is 0 Å². The van der Waals surface area contributed by atoms with Crippen molar-refractivity contribution in [1.29, 1.82) is 0 Å². The van der Waals surface area contributed by atoms with Crippen LogP contribution in [0.3, 0.4) is 0 Å². The molecule has 1 aliphatic heterocycles. The van der Waals surface area contributed by atoms with Gasteiger partial charge in [0.05, 0.1) is 26.2 Å². The van der Waals surface area contributed by atoms with E-state index in [9.17, 15) is 5.11 Å². The lowest BCUT2D eigenvalue weighted by molar-refractivity contribution is -0.903. The van der Waals surface area contributed by atoms with E-state index in [0.717, 1.165) is 38.5 Å². The molecule has 4 heteroatoms. The summed E-state index contributed by atoms with van der Waals surface area (Å²) in [6.45, 7) is 9.62. The van der Waals surface area contributed by atoms with Gasteiger partial charge in [-0.3, -0.25) is 0 Å². The minimum absolute atomic E-state index is 0.354. The molecule has 140 valence electrons. The first-order chi connectivity index (χ1) is 12.6. The van der Waals surface area contributed by atoms with E-state index in [1.54, 1.807) is 0 Å². The number of benzene rings is 2. The lowest BCUT2D eigenvalue weighted by atomic mass is 10.0. The van der Waals surface area contributed by atoms with Gasteiger partial charge in [-0.2, -0.15) is 0 Å². The van der Waals surface area contributed by atoms with E-state index in [4.69, 9.17) is 4.74 Å². The van der Waals surface area contributed by atoms with E-state index >= 15 is 0 Å². The molecule has 1 saturated heterocycles. The molecule has 1 atom stereocenters. The fourth-order valence-electron chi connectivity index (χ4n) is 3.46. The third-order valence-electron chi connectivity index (χ3n) is 5.11. The highest BCUT2D eigenvalue weighted by Crippen LogP contribution is 2.18. The molecule has 0 unspecified atom stereocenters. The summed E-state index contributed by atoms with van der Waals surface area (Å²) in [5.41, 5.74) is 2.60. The number of piperazine rings is 1. The van der Waals surface area contributed by atoms with Gasteiger partial charge >= 0.3 is 0 Å². The van der Waals surface area contributed by atoms with Crippen LogP contribution in [-0.4, -0.2) is 50.5 Å². The second-order valence-electron chi connectivity index (χ2n) is 7.47. The van der Waals surface area contributed by atoms with E-state index in [1.165, 1.54) is 16.2 Å². The summed E-state index contributed by atoms with van der Waals surface area (Å²) < 4.78 is 5.76. The Kier molecular flexibility index (Phi) is 6.53. The van der Waals surface area contributed by atoms with Crippen LogP contribution in [0.5, 0.6) is 5.75 Å². The summed E-state index contributed by atoms with van der Waals surface area (Å²) in [4.78, 5) is 3.87. The Balaban J connectivity index is 1.39. The van der Waals surface area contributed by atoms with E-state index in [2.05, 4.69) is 61.2 Å². The largest absolute Gasteiger partial charge is 0.491 e. The Morgan fingerprint density at radius 2 is 1.65 bits per heavy atom. The zero-order valence-corrected chi connectivity index (χ0v) is 15.9. The predicted octanol–water partition coefficient (Wildman–Crippen LogP) is 1.95. The molecule has 2 aromatic rings. The van der Waals surface area contributed by atoms with Gasteiger partial charge in [0.2, 0.25) is 0 Å². The highest BCUT2D eigenvalue weighted by molar-refractivity contribution is 5.46. The molecule has 1 fully saturated rings. The third kappa shape index (κ3) is 5.23. The summed E-state index contributed by atoms with van der Waals surface area (Å²) in [5.74, 6) is 1.35. The number of hydrogen-bond donors (Lipinski definition) is 2. The third-order valence-corrected chi connectivity index (χ3v) is 5.11. The summed E-state index contributed by atoms with van der Waals surface area (Å²) in [5, 5.41) is 10.3. The summed E-state index contributed by atoms with van der Waals surface area (Å²) in [6, 6.07) is 18.7. The van der Waals surface area contributed by atoms with Gasteiger partial charge in [-0.25, -0.2) is 0 Å². The van der Waals surface area contributed by atoms with Gasteiger partial charge in [0.1, 0.15) is 25.0 Å². The zero-order chi connectivity index (χ0) is 18.4. The van der Waals surface area contributed by atoms with Crippen LogP contribution in [0.1, 0.15) is 25.3 Å². The van der Waals surface area contributed by atoms with Crippen molar-refractivity contribution >= 4 is 5.69 Å². The number of para-hydroxylation sites is 1. The van der Waals surface area contributed by atoms with Crippen molar-refractivity contribution in [2.24, 2.45) is 0 Å². The Hall–Kier alpha value is -2.04. The normalized spacial score (nSPS) is 16.7. The summed E-state index contributed by atoms with van der Waals surface area (Å²) in [6.07, 6.45) is -0.432. The van der Waals surface area contributed by atoms with E-state index < -0.39 is 6.10 Å². The molecule has 0 radical (unpaired) electrons. The van der Waals surface area contributed by atoms with Gasteiger partial charge in [0, 0.05) is 5.69 Å². The second kappa shape index (κ2) is 9.06. The molecule has 3 rings (SSSR count). The van der Waals surface area contributed by atoms with Gasteiger partial charge in [0.25, 0.3) is 0 Å². The standard InChI is InChI=1S/C22H30N2O2/c1-18(2)19-8-10-22(11-9-19)26-17-21(25)16-23-12-14-24(15-13-23)20-6-4-3-5-7-20/h3-11,18,21,25H,12-17H2,1-2H3/p+1/t21-/m1/s1. The number of aliphatic hydroxyl groups is 1. The minimum Gasteiger partial charge on any atom is -0.491 e. The lowest BCUT2D eigenvalue weighted by Crippen LogP contribution is -3.16. The van der Waals surface area contributed by atoms with Gasteiger partial charge in [0.15, 0.2) is 0 Å². The number of aliphatic hydroxyl groups excluding tert-OH is 1. The topological polar surface area (TPSA) is 37.1 Å². The maximum atomic E-state index is 10.3. The number of nitrogens with zero attached hydrogens (tertiary/aromatic N) is 1. The number of nitrogens with one attached hydrogen (secondary N) is 1. The van der Waals surface area contributed by atoms with Gasteiger partial charge in [-0.1, -0.05) is 44.2 Å². The van der Waals surface area contributed by atoms with Crippen molar-refractivity contribution in [3.63, 3.8) is 0 Å². The number of anilines is 1. The fourth-order valence-corrected chi connectivity index (χ4v) is 3.46. The van der Waals surface area contributed by atoms with Crippen molar-refractivity contribution in [3.8, 4) is 5.75 Å².